The van der Waals surface area contributed by atoms with Crippen molar-refractivity contribution in [1.29, 1.82) is 0 Å². The van der Waals surface area contributed by atoms with Crippen LogP contribution in [0.1, 0.15) is 83.3 Å². The van der Waals surface area contributed by atoms with E-state index in [1.54, 1.807) is 0 Å². The first-order valence-electron chi connectivity index (χ1n) is 14.9. The van der Waals surface area contributed by atoms with Crippen molar-refractivity contribution in [1.82, 2.24) is 5.32 Å². The Kier molecular flexibility index (Phi) is 13.0. The quantitative estimate of drug-likeness (QED) is 0.172. The standard InChI is InChI=1S/C23H33NO.C13H15N/c1-3-4-5-6-7-8-9-14-23(25)24-19(2)17-20-15-16-21-12-10-11-13-22(21)18-20;1-10(14)8-11-6-7-12-4-2-3-5-13(12)9-11/h10-13,15-16,18-19H,3-9,14,17H2,1-2H3,(H,24,25);2-7,9-10H,8,14H2,1H3. The van der Waals surface area contributed by atoms with E-state index in [9.17, 15) is 4.79 Å². The van der Waals surface area contributed by atoms with Crippen molar-refractivity contribution in [2.75, 3.05) is 0 Å². The predicted octanol–water partition coefficient (Wildman–Crippen LogP) is 8.76. The van der Waals surface area contributed by atoms with E-state index in [0.717, 1.165) is 19.3 Å². The van der Waals surface area contributed by atoms with Gasteiger partial charge in [-0.05, 0) is 65.8 Å². The number of nitrogens with one attached hydrogen (secondary N) is 1. The van der Waals surface area contributed by atoms with Crippen LogP contribution >= 0.6 is 0 Å². The van der Waals surface area contributed by atoms with E-state index in [2.05, 4.69) is 104 Å². The monoisotopic (exact) mass is 524 g/mol. The number of carbonyl (C=O) groups excluding carboxylic acids is 1. The molecule has 1 amide bonds. The molecule has 4 aromatic rings. The van der Waals surface area contributed by atoms with Crippen LogP contribution < -0.4 is 11.1 Å². The Labute approximate surface area is 236 Å². The Balaban J connectivity index is 0.000000252. The van der Waals surface area contributed by atoms with E-state index in [0.29, 0.717) is 6.42 Å². The van der Waals surface area contributed by atoms with Gasteiger partial charge in [0.05, 0.1) is 0 Å². The van der Waals surface area contributed by atoms with Crippen molar-refractivity contribution in [2.24, 2.45) is 5.73 Å². The Morgan fingerprint density at radius 2 is 1.15 bits per heavy atom. The van der Waals surface area contributed by atoms with Gasteiger partial charge in [0.1, 0.15) is 0 Å². The summed E-state index contributed by atoms with van der Waals surface area (Å²) in [6, 6.07) is 30.3. The molecular weight excluding hydrogens is 476 g/mol. The number of fused-ring (bicyclic) bond motifs is 2. The second kappa shape index (κ2) is 16.7. The molecular formula is C36H48N2O. The summed E-state index contributed by atoms with van der Waals surface area (Å²) in [7, 11) is 0. The topological polar surface area (TPSA) is 55.1 Å². The lowest BCUT2D eigenvalue weighted by Gasteiger charge is -2.14. The summed E-state index contributed by atoms with van der Waals surface area (Å²) in [4.78, 5) is 12.1. The van der Waals surface area contributed by atoms with Gasteiger partial charge in [0.2, 0.25) is 5.91 Å². The molecule has 0 aliphatic rings. The van der Waals surface area contributed by atoms with E-state index in [1.807, 2.05) is 6.92 Å². The maximum absolute atomic E-state index is 12.1. The van der Waals surface area contributed by atoms with Crippen molar-refractivity contribution in [2.45, 2.75) is 97.1 Å². The normalized spacial score (nSPS) is 12.5. The fourth-order valence-electron chi connectivity index (χ4n) is 5.10. The summed E-state index contributed by atoms with van der Waals surface area (Å²) < 4.78 is 0. The van der Waals surface area contributed by atoms with Crippen molar-refractivity contribution in [3.8, 4) is 0 Å². The molecule has 4 rings (SSSR count). The Bertz CT molecular complexity index is 1280. The molecule has 3 nitrogen and oxygen atoms in total. The van der Waals surface area contributed by atoms with Crippen LogP contribution in [0.15, 0.2) is 84.9 Å². The minimum Gasteiger partial charge on any atom is -0.353 e. The van der Waals surface area contributed by atoms with Crippen LogP contribution in [0.5, 0.6) is 0 Å². The fraction of sp³-hybridized carbons (Fsp3) is 0.417. The third-order valence-electron chi connectivity index (χ3n) is 7.14. The summed E-state index contributed by atoms with van der Waals surface area (Å²) in [6.45, 7) is 6.37. The zero-order valence-electron chi connectivity index (χ0n) is 24.3. The molecule has 0 saturated carbocycles. The minimum absolute atomic E-state index is 0.179. The van der Waals surface area contributed by atoms with Crippen LogP contribution in [0.3, 0.4) is 0 Å². The molecule has 4 aromatic carbocycles. The number of nitrogens with two attached hydrogens (primary N) is 1. The van der Waals surface area contributed by atoms with E-state index < -0.39 is 0 Å². The summed E-state index contributed by atoms with van der Waals surface area (Å²) >= 11 is 0. The number of hydrogen-bond donors (Lipinski definition) is 2. The molecule has 0 radical (unpaired) electrons. The van der Waals surface area contributed by atoms with Crippen molar-refractivity contribution >= 4 is 27.5 Å². The molecule has 0 saturated heterocycles. The molecule has 0 aliphatic heterocycles. The summed E-state index contributed by atoms with van der Waals surface area (Å²) in [5.74, 6) is 0.196. The third kappa shape index (κ3) is 11.2. The van der Waals surface area contributed by atoms with E-state index in [4.69, 9.17) is 5.73 Å². The molecule has 0 spiro atoms. The number of hydrogen-bond acceptors (Lipinski definition) is 2. The van der Waals surface area contributed by atoms with Gasteiger partial charge in [0.15, 0.2) is 0 Å². The number of carbonyl (C=O) groups is 1. The first kappa shape index (κ1) is 30.4. The highest BCUT2D eigenvalue weighted by Gasteiger charge is 2.08. The highest BCUT2D eigenvalue weighted by Crippen LogP contribution is 2.18. The maximum atomic E-state index is 12.1. The van der Waals surface area contributed by atoms with Crippen LogP contribution in [-0.4, -0.2) is 18.0 Å². The first-order valence-corrected chi connectivity index (χ1v) is 14.9. The summed E-state index contributed by atoms with van der Waals surface area (Å²) in [5, 5.41) is 8.27. The van der Waals surface area contributed by atoms with Crippen molar-refractivity contribution < 1.29 is 4.79 Å². The van der Waals surface area contributed by atoms with Crippen LogP contribution in [0.4, 0.5) is 0 Å². The first-order chi connectivity index (χ1) is 18.9. The molecule has 0 aliphatic carbocycles. The molecule has 0 heterocycles. The van der Waals surface area contributed by atoms with Gasteiger partial charge in [0.25, 0.3) is 0 Å². The average Bonchev–Trinajstić information content (AvgIpc) is 2.92. The second-order valence-corrected chi connectivity index (χ2v) is 11.1. The minimum atomic E-state index is 0.179. The molecule has 39 heavy (non-hydrogen) atoms. The smallest absolute Gasteiger partial charge is 0.220 e. The van der Waals surface area contributed by atoms with Gasteiger partial charge in [-0.3, -0.25) is 4.79 Å². The molecule has 0 aromatic heterocycles. The van der Waals surface area contributed by atoms with Crippen LogP contribution in [0.25, 0.3) is 21.5 Å². The number of amides is 1. The van der Waals surface area contributed by atoms with E-state index >= 15 is 0 Å². The zero-order valence-corrected chi connectivity index (χ0v) is 24.3. The summed E-state index contributed by atoms with van der Waals surface area (Å²) in [6.07, 6.45) is 11.2. The lowest BCUT2D eigenvalue weighted by molar-refractivity contribution is -0.121. The van der Waals surface area contributed by atoms with Gasteiger partial charge < -0.3 is 11.1 Å². The third-order valence-corrected chi connectivity index (χ3v) is 7.14. The number of benzene rings is 4. The van der Waals surface area contributed by atoms with Crippen LogP contribution in [0.2, 0.25) is 0 Å². The Morgan fingerprint density at radius 1 is 0.667 bits per heavy atom. The molecule has 2 atom stereocenters. The average molecular weight is 525 g/mol. The number of unbranched alkanes of at least 4 members (excludes halogenated alkanes) is 6. The van der Waals surface area contributed by atoms with Gasteiger partial charge in [-0.1, -0.05) is 130 Å². The number of rotatable bonds is 13. The zero-order chi connectivity index (χ0) is 27.9. The highest BCUT2D eigenvalue weighted by atomic mass is 16.1. The van der Waals surface area contributed by atoms with Crippen molar-refractivity contribution in [3.63, 3.8) is 0 Å². The van der Waals surface area contributed by atoms with Crippen LogP contribution in [-0.2, 0) is 17.6 Å². The SMILES string of the molecule is CC(N)Cc1ccc2ccccc2c1.CCCCCCCCCC(=O)NC(C)Cc1ccc2ccccc2c1. The molecule has 3 N–H and O–H groups in total. The largest absolute Gasteiger partial charge is 0.353 e. The predicted molar refractivity (Wildman–Crippen MR) is 169 cm³/mol. The maximum Gasteiger partial charge on any atom is 0.220 e. The van der Waals surface area contributed by atoms with Gasteiger partial charge >= 0.3 is 0 Å². The van der Waals surface area contributed by atoms with Gasteiger partial charge in [-0.25, -0.2) is 0 Å². The Morgan fingerprint density at radius 3 is 1.69 bits per heavy atom. The fourth-order valence-corrected chi connectivity index (χ4v) is 5.10. The van der Waals surface area contributed by atoms with E-state index in [-0.39, 0.29) is 18.0 Å². The highest BCUT2D eigenvalue weighted by molar-refractivity contribution is 5.83. The molecule has 208 valence electrons. The van der Waals surface area contributed by atoms with Crippen molar-refractivity contribution in [3.05, 3.63) is 96.1 Å². The lowest BCUT2D eigenvalue weighted by atomic mass is 10.0. The van der Waals surface area contributed by atoms with Gasteiger partial charge in [-0.15, -0.1) is 0 Å². The molecule has 3 heteroatoms. The molecule has 0 fully saturated rings. The summed E-state index contributed by atoms with van der Waals surface area (Å²) in [5.41, 5.74) is 8.37. The Hall–Kier alpha value is -3.17. The lowest BCUT2D eigenvalue weighted by Crippen LogP contribution is -2.33. The van der Waals surface area contributed by atoms with Gasteiger partial charge in [-0.2, -0.15) is 0 Å². The molecule has 0 bridgehead atoms. The van der Waals surface area contributed by atoms with Crippen LogP contribution in [0, 0.1) is 0 Å². The second-order valence-electron chi connectivity index (χ2n) is 11.1. The van der Waals surface area contributed by atoms with E-state index in [1.165, 1.54) is 71.2 Å². The molecule has 2 unspecified atom stereocenters. The van der Waals surface area contributed by atoms with Gasteiger partial charge in [0, 0.05) is 18.5 Å².